The number of aryl methyl sites for hydroxylation is 2. The van der Waals surface area contributed by atoms with Crippen LogP contribution in [0.5, 0.6) is 0 Å². The molecule has 0 spiro atoms. The third kappa shape index (κ3) is 4.49. The summed E-state index contributed by atoms with van der Waals surface area (Å²) >= 11 is 3.46. The molecule has 0 fully saturated rings. The van der Waals surface area contributed by atoms with Crippen LogP contribution in [0, 0.1) is 25.2 Å². The van der Waals surface area contributed by atoms with Gasteiger partial charge < -0.3 is 9.88 Å². The molecule has 0 aliphatic carbocycles. The summed E-state index contributed by atoms with van der Waals surface area (Å²) in [6.07, 6.45) is 2.46. The van der Waals surface area contributed by atoms with Crippen molar-refractivity contribution in [3.63, 3.8) is 0 Å². The number of anilines is 1. The van der Waals surface area contributed by atoms with Crippen LogP contribution in [0.4, 0.5) is 5.69 Å². The van der Waals surface area contributed by atoms with E-state index < -0.39 is 5.91 Å². The molecule has 1 heterocycles. The number of benzene rings is 2. The lowest BCUT2D eigenvalue weighted by Gasteiger charge is -2.10. The Morgan fingerprint density at radius 1 is 1.17 bits per heavy atom. The molecular formula is C24H22BrN3O. The Bertz CT molecular complexity index is 1120. The second-order valence-corrected chi connectivity index (χ2v) is 7.69. The van der Waals surface area contributed by atoms with Crippen LogP contribution in [0.2, 0.25) is 0 Å². The molecule has 29 heavy (non-hydrogen) atoms. The summed E-state index contributed by atoms with van der Waals surface area (Å²) < 4.78 is 3.12. The van der Waals surface area contributed by atoms with Gasteiger partial charge in [0.25, 0.3) is 5.91 Å². The van der Waals surface area contributed by atoms with Gasteiger partial charge >= 0.3 is 0 Å². The molecule has 3 aromatic rings. The molecular weight excluding hydrogens is 426 g/mol. The van der Waals surface area contributed by atoms with Gasteiger partial charge in [0, 0.05) is 27.2 Å². The Hall–Kier alpha value is -3.10. The Kier molecular flexibility index (Phi) is 6.36. The molecule has 5 heteroatoms. The minimum atomic E-state index is -0.401. The van der Waals surface area contributed by atoms with Crippen molar-refractivity contribution in [2.45, 2.75) is 27.2 Å². The van der Waals surface area contributed by atoms with Gasteiger partial charge in [-0.05, 0) is 73.9 Å². The van der Waals surface area contributed by atoms with Crippen molar-refractivity contribution >= 4 is 33.6 Å². The van der Waals surface area contributed by atoms with Crippen LogP contribution < -0.4 is 5.32 Å². The normalized spacial score (nSPS) is 11.2. The van der Waals surface area contributed by atoms with Gasteiger partial charge in [0.05, 0.1) is 0 Å². The van der Waals surface area contributed by atoms with Crippen LogP contribution in [-0.4, -0.2) is 10.5 Å². The highest BCUT2D eigenvalue weighted by Gasteiger charge is 2.15. The van der Waals surface area contributed by atoms with Gasteiger partial charge in [0.15, 0.2) is 0 Å². The molecule has 0 aliphatic rings. The van der Waals surface area contributed by atoms with Gasteiger partial charge in [-0.15, -0.1) is 0 Å². The number of nitrogens with one attached hydrogen (secondary N) is 1. The number of carbonyl (C=O) groups excluding carboxylic acids is 1. The van der Waals surface area contributed by atoms with Gasteiger partial charge in [-0.1, -0.05) is 41.1 Å². The Labute approximate surface area is 179 Å². The molecule has 0 atom stereocenters. The van der Waals surface area contributed by atoms with Crippen LogP contribution >= 0.6 is 15.9 Å². The number of nitrogens with zero attached hydrogens (tertiary/aromatic N) is 2. The molecule has 0 aliphatic heterocycles. The number of rotatable bonds is 5. The summed E-state index contributed by atoms with van der Waals surface area (Å²) in [6, 6.07) is 19.7. The first kappa shape index (κ1) is 20.6. The molecule has 2 aromatic carbocycles. The average molecular weight is 448 g/mol. The van der Waals surface area contributed by atoms with Crippen LogP contribution in [0.15, 0.2) is 64.6 Å². The predicted molar refractivity (Wildman–Crippen MR) is 121 cm³/mol. The highest BCUT2D eigenvalue weighted by Crippen LogP contribution is 2.24. The molecule has 1 amide bonds. The first-order chi connectivity index (χ1) is 13.9. The molecule has 0 unspecified atom stereocenters. The SMILES string of the molecule is CCc1ccccc1NC(=O)C(C#N)=Cc1cc(C)n(-c2ccc(Br)cc2)c1C. The first-order valence-electron chi connectivity index (χ1n) is 9.40. The van der Waals surface area contributed by atoms with E-state index in [1.54, 1.807) is 6.08 Å². The first-order valence-corrected chi connectivity index (χ1v) is 10.2. The number of amides is 1. The van der Waals surface area contributed by atoms with Gasteiger partial charge in [-0.3, -0.25) is 4.79 Å². The number of nitriles is 1. The van der Waals surface area contributed by atoms with E-state index in [0.717, 1.165) is 44.8 Å². The maximum Gasteiger partial charge on any atom is 0.266 e. The lowest BCUT2D eigenvalue weighted by molar-refractivity contribution is -0.112. The Morgan fingerprint density at radius 2 is 1.86 bits per heavy atom. The largest absolute Gasteiger partial charge is 0.321 e. The summed E-state index contributed by atoms with van der Waals surface area (Å²) in [6.45, 7) is 6.03. The number of carbonyl (C=O) groups is 1. The summed E-state index contributed by atoms with van der Waals surface area (Å²) in [5.74, 6) is -0.401. The fraction of sp³-hybridized carbons (Fsp3) is 0.167. The quantitative estimate of drug-likeness (QED) is 0.387. The van der Waals surface area contributed by atoms with Crippen molar-refractivity contribution in [3.8, 4) is 11.8 Å². The van der Waals surface area contributed by atoms with Crippen LogP contribution in [0.1, 0.15) is 29.4 Å². The highest BCUT2D eigenvalue weighted by atomic mass is 79.9. The lowest BCUT2D eigenvalue weighted by Crippen LogP contribution is -2.14. The van der Waals surface area contributed by atoms with Crippen LogP contribution in [0.25, 0.3) is 11.8 Å². The molecule has 146 valence electrons. The molecule has 0 radical (unpaired) electrons. The summed E-state index contributed by atoms with van der Waals surface area (Å²) in [5.41, 5.74) is 5.73. The Morgan fingerprint density at radius 3 is 2.52 bits per heavy atom. The fourth-order valence-electron chi connectivity index (χ4n) is 3.37. The summed E-state index contributed by atoms with van der Waals surface area (Å²) in [5, 5.41) is 12.5. The number of halogens is 1. The van der Waals surface area contributed by atoms with E-state index in [4.69, 9.17) is 0 Å². The van der Waals surface area contributed by atoms with Crippen LogP contribution in [-0.2, 0) is 11.2 Å². The lowest BCUT2D eigenvalue weighted by atomic mass is 10.1. The predicted octanol–water partition coefficient (Wildman–Crippen LogP) is 5.96. The molecule has 0 saturated carbocycles. The molecule has 0 bridgehead atoms. The summed E-state index contributed by atoms with van der Waals surface area (Å²) in [4.78, 5) is 12.7. The Balaban J connectivity index is 1.93. The fourth-order valence-corrected chi connectivity index (χ4v) is 3.63. The van der Waals surface area contributed by atoms with E-state index in [2.05, 4.69) is 25.8 Å². The van der Waals surface area contributed by atoms with E-state index in [1.807, 2.05) is 81.4 Å². The standard InChI is InChI=1S/C24H22BrN3O/c1-4-18-7-5-6-8-23(18)27-24(29)20(15-26)14-19-13-16(2)28(17(19)3)22-11-9-21(25)10-12-22/h5-14H,4H2,1-3H3,(H,27,29). The van der Waals surface area contributed by atoms with Crippen molar-refractivity contribution in [2.75, 3.05) is 5.32 Å². The van der Waals surface area contributed by atoms with Gasteiger partial charge in [-0.2, -0.15) is 5.26 Å². The van der Waals surface area contributed by atoms with Gasteiger partial charge in [0.1, 0.15) is 11.6 Å². The molecule has 1 aromatic heterocycles. The second-order valence-electron chi connectivity index (χ2n) is 6.77. The minimum Gasteiger partial charge on any atom is -0.321 e. The molecule has 4 nitrogen and oxygen atoms in total. The zero-order valence-corrected chi connectivity index (χ0v) is 18.2. The van der Waals surface area contributed by atoms with E-state index in [0.29, 0.717) is 0 Å². The van der Waals surface area contributed by atoms with Crippen LogP contribution in [0.3, 0.4) is 0 Å². The number of hydrogen-bond acceptors (Lipinski definition) is 2. The molecule has 0 saturated heterocycles. The minimum absolute atomic E-state index is 0.0759. The number of hydrogen-bond donors (Lipinski definition) is 1. The smallest absolute Gasteiger partial charge is 0.266 e. The average Bonchev–Trinajstić information content (AvgIpc) is 3.00. The number of para-hydroxylation sites is 1. The van der Waals surface area contributed by atoms with E-state index in [-0.39, 0.29) is 5.57 Å². The third-order valence-electron chi connectivity index (χ3n) is 4.87. The second kappa shape index (κ2) is 8.93. The molecule has 3 rings (SSSR count). The van der Waals surface area contributed by atoms with Gasteiger partial charge in [-0.25, -0.2) is 0 Å². The maximum absolute atomic E-state index is 12.7. The van der Waals surface area contributed by atoms with Crippen molar-refractivity contribution in [2.24, 2.45) is 0 Å². The molecule has 1 N–H and O–H groups in total. The van der Waals surface area contributed by atoms with Crippen molar-refractivity contribution in [1.29, 1.82) is 5.26 Å². The van der Waals surface area contributed by atoms with E-state index in [9.17, 15) is 10.1 Å². The van der Waals surface area contributed by atoms with Crippen molar-refractivity contribution < 1.29 is 4.79 Å². The zero-order chi connectivity index (χ0) is 21.0. The van der Waals surface area contributed by atoms with Crippen molar-refractivity contribution in [3.05, 3.63) is 87.2 Å². The van der Waals surface area contributed by atoms with Crippen molar-refractivity contribution in [1.82, 2.24) is 4.57 Å². The topological polar surface area (TPSA) is 57.8 Å². The zero-order valence-electron chi connectivity index (χ0n) is 16.7. The third-order valence-corrected chi connectivity index (χ3v) is 5.40. The highest BCUT2D eigenvalue weighted by molar-refractivity contribution is 9.10. The maximum atomic E-state index is 12.7. The number of aromatic nitrogens is 1. The van der Waals surface area contributed by atoms with Gasteiger partial charge in [0.2, 0.25) is 0 Å². The van der Waals surface area contributed by atoms with E-state index >= 15 is 0 Å². The monoisotopic (exact) mass is 447 g/mol. The summed E-state index contributed by atoms with van der Waals surface area (Å²) in [7, 11) is 0. The van der Waals surface area contributed by atoms with E-state index in [1.165, 1.54) is 0 Å².